The second-order valence-corrected chi connectivity index (χ2v) is 4.55. The molecule has 1 aliphatic rings. The van der Waals surface area contributed by atoms with E-state index in [1.165, 1.54) is 6.92 Å². The molecule has 0 aromatic carbocycles. The molecule has 98 valence electrons. The number of ether oxygens (including phenoxy) is 2. The lowest BCUT2D eigenvalue weighted by atomic mass is 9.83. The van der Waals surface area contributed by atoms with Crippen LogP contribution >= 0.6 is 0 Å². The third-order valence-electron chi connectivity index (χ3n) is 3.11. The minimum absolute atomic E-state index is 0.158. The predicted octanol–water partition coefficient (Wildman–Crippen LogP) is 1.60. The average Bonchev–Trinajstić information content (AvgIpc) is 2.30. The van der Waals surface area contributed by atoms with Crippen LogP contribution in [0.25, 0.3) is 0 Å². The van der Waals surface area contributed by atoms with Gasteiger partial charge in [-0.25, -0.2) is 0 Å². The highest BCUT2D eigenvalue weighted by molar-refractivity contribution is 5.98. The highest BCUT2D eigenvalue weighted by Crippen LogP contribution is 2.30. The van der Waals surface area contributed by atoms with Gasteiger partial charge in [0.05, 0.1) is 12.7 Å². The van der Waals surface area contributed by atoms with Crippen LogP contribution in [0.1, 0.15) is 39.5 Å². The van der Waals surface area contributed by atoms with Gasteiger partial charge in [0.25, 0.3) is 0 Å². The molecule has 1 rings (SSSR count). The smallest absolute Gasteiger partial charge is 0.323 e. The van der Waals surface area contributed by atoms with Crippen LogP contribution in [-0.2, 0) is 19.1 Å². The molecule has 1 aliphatic heterocycles. The van der Waals surface area contributed by atoms with Crippen LogP contribution in [0.15, 0.2) is 0 Å². The van der Waals surface area contributed by atoms with Gasteiger partial charge in [0, 0.05) is 13.0 Å². The van der Waals surface area contributed by atoms with Crippen molar-refractivity contribution in [3.63, 3.8) is 0 Å². The maximum absolute atomic E-state index is 11.7. The van der Waals surface area contributed by atoms with Crippen LogP contribution in [0, 0.1) is 5.41 Å². The molecule has 1 fully saturated rings. The monoisotopic (exact) mass is 244 g/mol. The molecule has 0 aromatic heterocycles. The number of esters is 1. The highest BCUT2D eigenvalue weighted by Gasteiger charge is 2.45. The molecule has 1 saturated heterocycles. The normalized spacial score (nSPS) is 23.8. The van der Waals surface area contributed by atoms with E-state index in [9.17, 15) is 14.7 Å². The fourth-order valence-corrected chi connectivity index (χ4v) is 1.97. The summed E-state index contributed by atoms with van der Waals surface area (Å²) < 4.78 is 10.3. The second kappa shape index (κ2) is 6.00. The molecule has 0 aromatic rings. The number of hydrogen-bond donors (Lipinski definition) is 1. The van der Waals surface area contributed by atoms with E-state index in [4.69, 9.17) is 9.47 Å². The van der Waals surface area contributed by atoms with E-state index in [1.54, 1.807) is 6.92 Å². The minimum atomic E-state index is -1.50. The van der Waals surface area contributed by atoms with Crippen molar-refractivity contribution in [3.05, 3.63) is 0 Å². The molecule has 0 spiro atoms. The maximum Gasteiger partial charge on any atom is 0.323 e. The van der Waals surface area contributed by atoms with Crippen LogP contribution in [0.4, 0.5) is 0 Å². The molecule has 5 heteroatoms. The Labute approximate surface area is 101 Å². The number of carboxylic acids is 1. The first-order chi connectivity index (χ1) is 8.00. The summed E-state index contributed by atoms with van der Waals surface area (Å²) in [5.74, 6) is -1.83. The fraction of sp³-hybridized carbons (Fsp3) is 0.833. The second-order valence-electron chi connectivity index (χ2n) is 4.55. The van der Waals surface area contributed by atoms with Gasteiger partial charge >= 0.3 is 11.9 Å². The molecule has 0 amide bonds. The Kier molecular flexibility index (Phi) is 4.93. The van der Waals surface area contributed by atoms with E-state index < -0.39 is 17.4 Å². The predicted molar refractivity (Wildman–Crippen MR) is 60.6 cm³/mol. The third kappa shape index (κ3) is 3.43. The number of aliphatic carboxylic acids is 1. The number of carboxylic acid groups (broad SMARTS) is 1. The van der Waals surface area contributed by atoms with E-state index in [1.807, 2.05) is 0 Å². The number of hydrogen-bond acceptors (Lipinski definition) is 4. The van der Waals surface area contributed by atoms with Crippen LogP contribution in [-0.4, -0.2) is 36.4 Å². The minimum Gasteiger partial charge on any atom is -0.480 e. The van der Waals surface area contributed by atoms with Crippen LogP contribution in [0.5, 0.6) is 0 Å². The molecule has 1 N–H and O–H groups in total. The van der Waals surface area contributed by atoms with Gasteiger partial charge < -0.3 is 14.6 Å². The SMILES string of the molecule is CCOC(=O)C(C)(CC1CCCCO1)C(=O)O. The summed E-state index contributed by atoms with van der Waals surface area (Å²) in [4.78, 5) is 23.0. The van der Waals surface area contributed by atoms with Crippen molar-refractivity contribution in [3.8, 4) is 0 Å². The Hall–Kier alpha value is -1.10. The molecule has 2 atom stereocenters. The van der Waals surface area contributed by atoms with E-state index in [0.717, 1.165) is 19.3 Å². The van der Waals surface area contributed by atoms with E-state index in [0.29, 0.717) is 6.61 Å². The van der Waals surface area contributed by atoms with E-state index in [-0.39, 0.29) is 19.1 Å². The summed E-state index contributed by atoms with van der Waals surface area (Å²) in [7, 11) is 0. The van der Waals surface area contributed by atoms with Crippen molar-refractivity contribution in [2.45, 2.75) is 45.6 Å². The molecule has 0 radical (unpaired) electrons. The van der Waals surface area contributed by atoms with Gasteiger partial charge in [-0.3, -0.25) is 9.59 Å². The first-order valence-corrected chi connectivity index (χ1v) is 6.03. The van der Waals surface area contributed by atoms with E-state index >= 15 is 0 Å². The molecule has 0 saturated carbocycles. The summed E-state index contributed by atoms with van der Waals surface area (Å²) in [5.41, 5.74) is -1.50. The van der Waals surface area contributed by atoms with Gasteiger partial charge in [-0.05, 0) is 33.1 Å². The highest BCUT2D eigenvalue weighted by atomic mass is 16.5. The molecule has 5 nitrogen and oxygen atoms in total. The Morgan fingerprint density at radius 2 is 2.18 bits per heavy atom. The van der Waals surface area contributed by atoms with Crippen LogP contribution in [0.2, 0.25) is 0 Å². The first kappa shape index (κ1) is 14.0. The zero-order valence-corrected chi connectivity index (χ0v) is 10.4. The quantitative estimate of drug-likeness (QED) is 0.587. The Morgan fingerprint density at radius 1 is 1.47 bits per heavy atom. The zero-order chi connectivity index (χ0) is 12.9. The van der Waals surface area contributed by atoms with Gasteiger partial charge in [-0.15, -0.1) is 0 Å². The number of carbonyl (C=O) groups is 2. The Balaban J connectivity index is 2.69. The van der Waals surface area contributed by atoms with Crippen molar-refractivity contribution in [1.29, 1.82) is 0 Å². The number of carbonyl (C=O) groups excluding carboxylic acids is 1. The van der Waals surface area contributed by atoms with Crippen molar-refractivity contribution in [2.24, 2.45) is 5.41 Å². The lowest BCUT2D eigenvalue weighted by Gasteiger charge is -2.29. The first-order valence-electron chi connectivity index (χ1n) is 6.03. The van der Waals surface area contributed by atoms with Gasteiger partial charge in [-0.2, -0.15) is 0 Å². The van der Waals surface area contributed by atoms with Gasteiger partial charge in [-0.1, -0.05) is 0 Å². The van der Waals surface area contributed by atoms with Crippen molar-refractivity contribution in [1.82, 2.24) is 0 Å². The maximum atomic E-state index is 11.7. The molecule has 2 unspecified atom stereocenters. The van der Waals surface area contributed by atoms with Crippen molar-refractivity contribution >= 4 is 11.9 Å². The molecular weight excluding hydrogens is 224 g/mol. The standard InChI is InChI=1S/C12H20O5/c1-3-16-11(15)12(2,10(13)14)8-9-6-4-5-7-17-9/h9H,3-8H2,1-2H3,(H,13,14). The molecule has 17 heavy (non-hydrogen) atoms. The molecule has 0 bridgehead atoms. The van der Waals surface area contributed by atoms with Crippen molar-refractivity contribution < 1.29 is 24.2 Å². The molecular formula is C12H20O5. The zero-order valence-electron chi connectivity index (χ0n) is 10.4. The average molecular weight is 244 g/mol. The Morgan fingerprint density at radius 3 is 2.65 bits per heavy atom. The fourth-order valence-electron chi connectivity index (χ4n) is 1.97. The summed E-state index contributed by atoms with van der Waals surface area (Å²) in [5, 5.41) is 9.20. The molecule has 0 aliphatic carbocycles. The van der Waals surface area contributed by atoms with Crippen molar-refractivity contribution in [2.75, 3.05) is 13.2 Å². The van der Waals surface area contributed by atoms with Crippen LogP contribution in [0.3, 0.4) is 0 Å². The van der Waals surface area contributed by atoms with Gasteiger partial charge in [0.1, 0.15) is 0 Å². The van der Waals surface area contributed by atoms with Crippen LogP contribution < -0.4 is 0 Å². The van der Waals surface area contributed by atoms with E-state index in [2.05, 4.69) is 0 Å². The summed E-state index contributed by atoms with van der Waals surface area (Å²) in [6, 6.07) is 0. The number of rotatable bonds is 5. The summed E-state index contributed by atoms with van der Waals surface area (Å²) in [6.07, 6.45) is 2.85. The van der Waals surface area contributed by atoms with Gasteiger partial charge in [0.15, 0.2) is 5.41 Å². The van der Waals surface area contributed by atoms with Gasteiger partial charge in [0.2, 0.25) is 0 Å². The summed E-state index contributed by atoms with van der Waals surface area (Å²) in [6.45, 7) is 3.90. The summed E-state index contributed by atoms with van der Waals surface area (Å²) >= 11 is 0. The lowest BCUT2D eigenvalue weighted by molar-refractivity contribution is -0.170. The molecule has 1 heterocycles. The lowest BCUT2D eigenvalue weighted by Crippen LogP contribution is -2.42. The topological polar surface area (TPSA) is 72.8 Å². The third-order valence-corrected chi connectivity index (χ3v) is 3.11. The Bertz CT molecular complexity index is 283. The largest absolute Gasteiger partial charge is 0.480 e.